The number of nitrogens with one attached hydrogen (secondary N) is 2. The third-order valence-electron chi connectivity index (χ3n) is 6.79. The molecule has 6 rings (SSSR count). The van der Waals surface area contributed by atoms with Crippen molar-refractivity contribution in [2.75, 3.05) is 13.1 Å². The second-order valence-electron chi connectivity index (χ2n) is 8.87. The molecule has 1 aliphatic rings. The van der Waals surface area contributed by atoms with Gasteiger partial charge in [0.25, 0.3) is 5.91 Å². The van der Waals surface area contributed by atoms with Gasteiger partial charge in [-0.05, 0) is 54.3 Å². The Bertz CT molecular complexity index is 1650. The molecule has 0 radical (unpaired) electrons. The van der Waals surface area contributed by atoms with Gasteiger partial charge < -0.3 is 14.9 Å². The highest BCUT2D eigenvalue weighted by Crippen LogP contribution is 2.29. The van der Waals surface area contributed by atoms with Crippen molar-refractivity contribution < 1.29 is 4.79 Å². The van der Waals surface area contributed by atoms with Crippen LogP contribution in [0, 0.1) is 11.3 Å². The Balaban J connectivity index is 1.26. The van der Waals surface area contributed by atoms with Gasteiger partial charge in [0.2, 0.25) is 0 Å². The van der Waals surface area contributed by atoms with Crippen molar-refractivity contribution >= 4 is 28.0 Å². The van der Waals surface area contributed by atoms with E-state index in [1.807, 2.05) is 53.6 Å². The maximum Gasteiger partial charge on any atom is 0.326 e. The minimum atomic E-state index is -0.179. The average molecular weight is 463 g/mol. The summed E-state index contributed by atoms with van der Waals surface area (Å²) < 4.78 is 1.79. The van der Waals surface area contributed by atoms with Gasteiger partial charge >= 0.3 is 5.69 Å². The van der Waals surface area contributed by atoms with Crippen LogP contribution in [0.3, 0.4) is 0 Å². The summed E-state index contributed by atoms with van der Waals surface area (Å²) in [5, 5.41) is 9.88. The summed E-state index contributed by atoms with van der Waals surface area (Å²) in [4.78, 5) is 38.5. The molecule has 8 nitrogen and oxygen atoms in total. The number of piperidine rings is 1. The van der Waals surface area contributed by atoms with E-state index in [-0.39, 0.29) is 17.6 Å². The van der Waals surface area contributed by atoms with Gasteiger partial charge in [-0.2, -0.15) is 5.26 Å². The number of nitrogens with zero attached hydrogens (tertiary/aromatic N) is 4. The van der Waals surface area contributed by atoms with Crippen LogP contribution in [0.4, 0.5) is 0 Å². The lowest BCUT2D eigenvalue weighted by atomic mass is 10.0. The molecule has 1 aliphatic heterocycles. The lowest BCUT2D eigenvalue weighted by Gasteiger charge is -2.33. The zero-order chi connectivity index (χ0) is 23.9. The molecule has 1 saturated heterocycles. The molecule has 0 unspecified atom stereocenters. The van der Waals surface area contributed by atoms with E-state index in [4.69, 9.17) is 5.26 Å². The fraction of sp³-hybridized carbons (Fsp3) is 0.185. The lowest BCUT2D eigenvalue weighted by Crippen LogP contribution is -2.42. The van der Waals surface area contributed by atoms with Crippen LogP contribution in [-0.4, -0.2) is 43.4 Å². The highest BCUT2D eigenvalue weighted by atomic mass is 16.2. The van der Waals surface area contributed by atoms with Crippen molar-refractivity contribution in [2.45, 2.75) is 18.9 Å². The van der Waals surface area contributed by atoms with E-state index in [2.05, 4.69) is 21.0 Å². The van der Waals surface area contributed by atoms with Crippen molar-refractivity contribution in [3.63, 3.8) is 0 Å². The Kier molecular flexibility index (Phi) is 4.96. The summed E-state index contributed by atoms with van der Waals surface area (Å²) in [5.41, 5.74) is 5.28. The number of rotatable bonds is 3. The molecule has 1 amide bonds. The fourth-order valence-corrected chi connectivity index (χ4v) is 5.05. The molecule has 0 saturated carbocycles. The summed E-state index contributed by atoms with van der Waals surface area (Å²) in [5.74, 6) is -0.0394. The Morgan fingerprint density at radius 3 is 2.54 bits per heavy atom. The van der Waals surface area contributed by atoms with Crippen LogP contribution >= 0.6 is 0 Å². The molecule has 0 aliphatic carbocycles. The van der Waals surface area contributed by atoms with Gasteiger partial charge in [0.05, 0.1) is 34.9 Å². The van der Waals surface area contributed by atoms with Crippen molar-refractivity contribution in [3.05, 3.63) is 88.6 Å². The first-order chi connectivity index (χ1) is 17.1. The number of aromatic nitrogens is 4. The van der Waals surface area contributed by atoms with Crippen molar-refractivity contribution in [2.24, 2.45) is 0 Å². The van der Waals surface area contributed by atoms with Crippen LogP contribution in [0.2, 0.25) is 0 Å². The van der Waals surface area contributed by atoms with Crippen LogP contribution < -0.4 is 5.69 Å². The van der Waals surface area contributed by atoms with Crippen LogP contribution in [0.1, 0.15) is 34.8 Å². The van der Waals surface area contributed by atoms with Gasteiger partial charge in [-0.25, -0.2) is 9.78 Å². The maximum atomic E-state index is 13.3. The number of aromatic amines is 2. The zero-order valence-electron chi connectivity index (χ0n) is 18.9. The van der Waals surface area contributed by atoms with E-state index in [9.17, 15) is 9.59 Å². The molecular formula is C27H22N6O2. The number of hydrogen-bond acceptors (Lipinski definition) is 4. The first-order valence-electron chi connectivity index (χ1n) is 11.6. The van der Waals surface area contributed by atoms with E-state index in [0.717, 1.165) is 40.5 Å². The first kappa shape index (κ1) is 20.9. The number of hydrogen-bond donors (Lipinski definition) is 2. The largest absolute Gasteiger partial charge is 0.346 e. The van der Waals surface area contributed by atoms with Crippen molar-refractivity contribution in [3.8, 4) is 17.2 Å². The predicted molar refractivity (Wildman–Crippen MR) is 133 cm³/mol. The summed E-state index contributed by atoms with van der Waals surface area (Å²) >= 11 is 0. The Labute approximate surface area is 200 Å². The van der Waals surface area contributed by atoms with Gasteiger partial charge in [0.15, 0.2) is 0 Å². The summed E-state index contributed by atoms with van der Waals surface area (Å²) in [6.07, 6.45) is 5.13. The maximum absolute atomic E-state index is 13.3. The van der Waals surface area contributed by atoms with E-state index < -0.39 is 0 Å². The summed E-state index contributed by atoms with van der Waals surface area (Å²) in [6, 6.07) is 18.8. The number of imidazole rings is 1. The topological polar surface area (TPSA) is 111 Å². The Hall–Kier alpha value is -4.64. The minimum absolute atomic E-state index is 0.0394. The number of benzene rings is 2. The van der Waals surface area contributed by atoms with Gasteiger partial charge in [-0.3, -0.25) is 9.36 Å². The second kappa shape index (κ2) is 8.29. The molecule has 4 heterocycles. The molecule has 0 spiro atoms. The van der Waals surface area contributed by atoms with Gasteiger partial charge in [-0.1, -0.05) is 24.3 Å². The predicted octanol–water partition coefficient (Wildman–Crippen LogP) is 4.22. The Morgan fingerprint density at radius 1 is 1.06 bits per heavy atom. The lowest BCUT2D eigenvalue weighted by molar-refractivity contribution is 0.0680. The highest BCUT2D eigenvalue weighted by Gasteiger charge is 2.28. The standard InChI is InChI=1S/C27H22N6O2/c28-14-17-3-5-18(6-4-17)19-7-9-20(10-8-19)26(34)32-13-1-2-21(16-32)33-24-22-11-12-29-25(22)30-15-23(24)31-27(33)35/h3-12,15,21H,1-2,13,16H2,(H,29,30)(H,31,35)/t21-/m1/s1. The molecule has 1 fully saturated rings. The molecule has 2 N–H and O–H groups in total. The second-order valence-corrected chi connectivity index (χ2v) is 8.87. The molecule has 1 atom stereocenters. The van der Waals surface area contributed by atoms with Gasteiger partial charge in [-0.15, -0.1) is 0 Å². The number of amides is 1. The highest BCUT2D eigenvalue weighted by molar-refractivity contribution is 6.01. The van der Waals surface area contributed by atoms with Crippen molar-refractivity contribution in [1.29, 1.82) is 5.26 Å². The van der Waals surface area contributed by atoms with Crippen LogP contribution in [0.5, 0.6) is 0 Å². The third kappa shape index (κ3) is 3.58. The molecule has 0 bridgehead atoms. The van der Waals surface area contributed by atoms with Crippen LogP contribution in [0.25, 0.3) is 33.2 Å². The normalized spacial score (nSPS) is 16.0. The van der Waals surface area contributed by atoms with Crippen molar-refractivity contribution in [1.82, 2.24) is 24.4 Å². The van der Waals surface area contributed by atoms with E-state index in [0.29, 0.717) is 29.7 Å². The molecule has 2 aromatic carbocycles. The molecule has 172 valence electrons. The van der Waals surface area contributed by atoms with E-state index in [1.54, 1.807) is 22.9 Å². The number of likely N-dealkylation sites (tertiary alicyclic amines) is 1. The zero-order valence-corrected chi connectivity index (χ0v) is 18.9. The molecule has 3 aromatic heterocycles. The first-order valence-corrected chi connectivity index (χ1v) is 11.6. The number of pyridine rings is 1. The van der Waals surface area contributed by atoms with Gasteiger partial charge in [0, 0.05) is 30.2 Å². The molecule has 35 heavy (non-hydrogen) atoms. The monoisotopic (exact) mass is 462 g/mol. The minimum Gasteiger partial charge on any atom is -0.346 e. The number of nitriles is 1. The molecule has 5 aromatic rings. The van der Waals surface area contributed by atoms with Crippen LogP contribution in [-0.2, 0) is 0 Å². The molecule has 8 heteroatoms. The SMILES string of the molecule is N#Cc1ccc(-c2ccc(C(=O)N3CCC[C@@H](n4c(=O)[nH]c5cnc6[nH]ccc6c54)C3)cc2)cc1. The summed E-state index contributed by atoms with van der Waals surface area (Å²) in [6.45, 7) is 1.13. The van der Waals surface area contributed by atoms with E-state index >= 15 is 0 Å². The smallest absolute Gasteiger partial charge is 0.326 e. The number of fused-ring (bicyclic) bond motifs is 3. The Morgan fingerprint density at radius 2 is 1.80 bits per heavy atom. The van der Waals surface area contributed by atoms with Crippen LogP contribution in [0.15, 0.2) is 71.8 Å². The average Bonchev–Trinajstić information content (AvgIpc) is 3.52. The fourth-order valence-electron chi connectivity index (χ4n) is 5.05. The van der Waals surface area contributed by atoms with Gasteiger partial charge in [0.1, 0.15) is 5.65 Å². The third-order valence-corrected chi connectivity index (χ3v) is 6.79. The summed E-state index contributed by atoms with van der Waals surface area (Å²) in [7, 11) is 0. The number of carbonyl (C=O) groups excluding carboxylic acids is 1. The van der Waals surface area contributed by atoms with E-state index in [1.165, 1.54) is 0 Å². The quantitative estimate of drug-likeness (QED) is 0.418. The number of H-pyrrole nitrogens is 2. The molecular weight excluding hydrogens is 440 g/mol. The number of carbonyl (C=O) groups is 1.